The van der Waals surface area contributed by atoms with Crippen molar-refractivity contribution in [3.05, 3.63) is 52.9 Å². The fourth-order valence-corrected chi connectivity index (χ4v) is 4.39. The molecule has 176 valence electrons. The molecule has 1 aliphatic rings. The van der Waals surface area contributed by atoms with Crippen molar-refractivity contribution in [2.75, 3.05) is 33.3 Å². The minimum absolute atomic E-state index is 0.0921. The van der Waals surface area contributed by atoms with E-state index >= 15 is 0 Å². The number of methoxy groups -OCH3 is 1. The van der Waals surface area contributed by atoms with Crippen LogP contribution in [0.25, 0.3) is 22.8 Å². The number of piperazine rings is 1. The number of thiophene rings is 1. The predicted octanol–water partition coefficient (Wildman–Crippen LogP) is 3.13. The Morgan fingerprint density at radius 2 is 1.68 bits per heavy atom. The number of rotatable bonds is 8. The molecule has 0 spiro atoms. The van der Waals surface area contributed by atoms with Gasteiger partial charge in [-0.15, -0.1) is 0 Å². The van der Waals surface area contributed by atoms with E-state index in [-0.39, 0.29) is 5.91 Å². The lowest BCUT2D eigenvalue weighted by molar-refractivity contribution is -0.133. The average Bonchev–Trinajstić information content (AvgIpc) is 3.65. The molecule has 0 aliphatic carbocycles. The molecular formula is C23H24N6O4S. The molecule has 4 heterocycles. The Balaban J connectivity index is 1.08. The summed E-state index contributed by atoms with van der Waals surface area (Å²) in [6.07, 6.45) is 0.784. The first-order chi connectivity index (χ1) is 16.7. The van der Waals surface area contributed by atoms with Crippen LogP contribution in [0.4, 0.5) is 0 Å². The lowest BCUT2D eigenvalue weighted by Gasteiger charge is -2.33. The van der Waals surface area contributed by atoms with Gasteiger partial charge in [0.15, 0.2) is 0 Å². The largest absolute Gasteiger partial charge is 0.497 e. The molecule has 0 unspecified atom stereocenters. The topological polar surface area (TPSA) is 111 Å². The first-order valence-corrected chi connectivity index (χ1v) is 11.9. The number of hydrogen-bond donors (Lipinski definition) is 0. The maximum atomic E-state index is 12.6. The summed E-state index contributed by atoms with van der Waals surface area (Å²) in [5.74, 6) is 3.03. The molecule has 0 N–H and O–H groups in total. The Hall–Kier alpha value is -3.57. The third kappa shape index (κ3) is 5.15. The van der Waals surface area contributed by atoms with E-state index < -0.39 is 0 Å². The van der Waals surface area contributed by atoms with E-state index in [9.17, 15) is 4.79 Å². The zero-order chi connectivity index (χ0) is 23.3. The molecule has 3 aromatic heterocycles. The number of aromatic nitrogens is 4. The molecule has 1 aliphatic heterocycles. The van der Waals surface area contributed by atoms with Crippen molar-refractivity contribution < 1.29 is 18.6 Å². The summed E-state index contributed by atoms with van der Waals surface area (Å²) >= 11 is 1.58. The fraction of sp³-hybridized carbons (Fsp3) is 0.348. The maximum absolute atomic E-state index is 12.6. The highest BCUT2D eigenvalue weighted by atomic mass is 32.1. The molecular weight excluding hydrogens is 456 g/mol. The predicted molar refractivity (Wildman–Crippen MR) is 124 cm³/mol. The van der Waals surface area contributed by atoms with Gasteiger partial charge >= 0.3 is 0 Å². The van der Waals surface area contributed by atoms with E-state index in [4.69, 9.17) is 13.8 Å². The van der Waals surface area contributed by atoms with Gasteiger partial charge in [0, 0.05) is 55.5 Å². The van der Waals surface area contributed by atoms with Crippen molar-refractivity contribution in [2.45, 2.75) is 19.4 Å². The number of hydrogen-bond acceptors (Lipinski definition) is 10. The summed E-state index contributed by atoms with van der Waals surface area (Å²) in [4.78, 5) is 25.6. The van der Waals surface area contributed by atoms with Crippen LogP contribution >= 0.6 is 11.3 Å². The van der Waals surface area contributed by atoms with Gasteiger partial charge in [0.05, 0.1) is 13.7 Å². The van der Waals surface area contributed by atoms with Crippen molar-refractivity contribution >= 4 is 17.2 Å². The monoisotopic (exact) mass is 480 g/mol. The minimum atomic E-state index is 0.0921. The molecule has 0 bridgehead atoms. The van der Waals surface area contributed by atoms with Gasteiger partial charge in [-0.2, -0.15) is 21.3 Å². The van der Waals surface area contributed by atoms with Crippen LogP contribution in [0, 0.1) is 0 Å². The zero-order valence-electron chi connectivity index (χ0n) is 18.7. The molecule has 1 aromatic carbocycles. The summed E-state index contributed by atoms with van der Waals surface area (Å²) < 4.78 is 15.9. The van der Waals surface area contributed by atoms with Crippen molar-refractivity contribution in [2.24, 2.45) is 0 Å². The van der Waals surface area contributed by atoms with Crippen molar-refractivity contribution in [3.63, 3.8) is 0 Å². The van der Waals surface area contributed by atoms with Crippen LogP contribution in [0.15, 0.2) is 50.1 Å². The van der Waals surface area contributed by atoms with Crippen LogP contribution in [-0.4, -0.2) is 69.3 Å². The Kier molecular flexibility index (Phi) is 6.63. The van der Waals surface area contributed by atoms with E-state index in [1.807, 2.05) is 46.0 Å². The molecule has 0 atom stereocenters. The second-order valence-corrected chi connectivity index (χ2v) is 8.70. The second-order valence-electron chi connectivity index (χ2n) is 7.92. The molecule has 1 saturated heterocycles. The molecule has 10 nitrogen and oxygen atoms in total. The van der Waals surface area contributed by atoms with Crippen LogP contribution < -0.4 is 4.74 Å². The van der Waals surface area contributed by atoms with E-state index in [0.717, 1.165) is 30.0 Å². The number of carbonyl (C=O) groups excluding carboxylic acids is 1. The normalized spacial score (nSPS) is 14.4. The lowest BCUT2D eigenvalue weighted by atomic mass is 10.2. The number of nitrogens with zero attached hydrogens (tertiary/aromatic N) is 6. The lowest BCUT2D eigenvalue weighted by Crippen LogP contribution is -2.48. The van der Waals surface area contributed by atoms with Crippen LogP contribution in [0.1, 0.15) is 18.2 Å². The molecule has 11 heteroatoms. The van der Waals surface area contributed by atoms with Gasteiger partial charge in [-0.3, -0.25) is 9.69 Å². The fourth-order valence-electron chi connectivity index (χ4n) is 3.76. The van der Waals surface area contributed by atoms with Crippen molar-refractivity contribution in [1.82, 2.24) is 30.1 Å². The van der Waals surface area contributed by atoms with Gasteiger partial charge < -0.3 is 18.7 Å². The Morgan fingerprint density at radius 1 is 0.971 bits per heavy atom. The minimum Gasteiger partial charge on any atom is -0.497 e. The summed E-state index contributed by atoms with van der Waals surface area (Å²) in [5.41, 5.74) is 1.80. The van der Waals surface area contributed by atoms with E-state index in [2.05, 4.69) is 25.2 Å². The first-order valence-electron chi connectivity index (χ1n) is 11.0. The highest BCUT2D eigenvalue weighted by molar-refractivity contribution is 7.08. The van der Waals surface area contributed by atoms with Crippen LogP contribution in [0.3, 0.4) is 0 Å². The smallest absolute Gasteiger partial charge is 0.241 e. The van der Waals surface area contributed by atoms with E-state index in [1.54, 1.807) is 18.4 Å². The number of ether oxygens (including phenoxy) is 1. The molecule has 4 aromatic rings. The molecule has 1 amide bonds. The van der Waals surface area contributed by atoms with E-state index in [1.165, 1.54) is 0 Å². The molecule has 1 fully saturated rings. The second kappa shape index (κ2) is 10.1. The number of amides is 1. The standard InChI is InChI=1S/C23H24N6O4S/c1-31-18-4-2-16(3-5-18)22-25-20(33-26-22)14-28-9-11-29(12-10-28)21(30)7-6-19-24-23(27-32-19)17-8-13-34-15-17/h2-5,8,13,15H,6-7,9-12,14H2,1H3. The molecule has 0 saturated carbocycles. The highest BCUT2D eigenvalue weighted by Crippen LogP contribution is 2.21. The average molecular weight is 481 g/mol. The van der Waals surface area contributed by atoms with Crippen molar-refractivity contribution in [3.8, 4) is 28.5 Å². The van der Waals surface area contributed by atoms with Crippen LogP contribution in [0.5, 0.6) is 5.75 Å². The number of benzene rings is 1. The van der Waals surface area contributed by atoms with Gasteiger partial charge in [0.25, 0.3) is 0 Å². The third-order valence-corrected chi connectivity index (χ3v) is 6.38. The molecule has 5 rings (SSSR count). The zero-order valence-corrected chi connectivity index (χ0v) is 19.5. The molecule has 34 heavy (non-hydrogen) atoms. The summed E-state index contributed by atoms with van der Waals surface area (Å²) in [5, 5.41) is 12.0. The Bertz CT molecular complexity index is 1210. The quantitative estimate of drug-likeness (QED) is 0.375. The van der Waals surface area contributed by atoms with Gasteiger partial charge in [0.1, 0.15) is 5.75 Å². The summed E-state index contributed by atoms with van der Waals surface area (Å²) in [6, 6.07) is 9.47. The Labute approximate surface area is 200 Å². The van der Waals surface area contributed by atoms with Crippen LogP contribution in [0.2, 0.25) is 0 Å². The van der Waals surface area contributed by atoms with Gasteiger partial charge in [-0.05, 0) is 35.7 Å². The van der Waals surface area contributed by atoms with Crippen LogP contribution in [-0.2, 0) is 17.8 Å². The highest BCUT2D eigenvalue weighted by Gasteiger charge is 2.23. The van der Waals surface area contributed by atoms with E-state index in [0.29, 0.717) is 55.9 Å². The maximum Gasteiger partial charge on any atom is 0.241 e. The van der Waals surface area contributed by atoms with Gasteiger partial charge in [0.2, 0.25) is 29.3 Å². The number of carbonyl (C=O) groups is 1. The van der Waals surface area contributed by atoms with Gasteiger partial charge in [-0.1, -0.05) is 10.3 Å². The summed E-state index contributed by atoms with van der Waals surface area (Å²) in [6.45, 7) is 3.35. The Morgan fingerprint density at radius 3 is 2.38 bits per heavy atom. The molecule has 0 radical (unpaired) electrons. The van der Waals surface area contributed by atoms with Gasteiger partial charge in [-0.25, -0.2) is 0 Å². The number of aryl methyl sites for hydroxylation is 1. The summed E-state index contributed by atoms with van der Waals surface area (Å²) in [7, 11) is 1.63. The van der Waals surface area contributed by atoms with Crippen molar-refractivity contribution in [1.29, 1.82) is 0 Å². The first kappa shape index (κ1) is 22.2. The third-order valence-electron chi connectivity index (χ3n) is 5.70. The SMILES string of the molecule is COc1ccc(-c2noc(CN3CCN(C(=O)CCc4nc(-c5ccsc5)no4)CC3)n2)cc1.